The van der Waals surface area contributed by atoms with Crippen molar-refractivity contribution in [3.05, 3.63) is 81.5 Å². The molecule has 0 atom stereocenters. The summed E-state index contributed by atoms with van der Waals surface area (Å²) in [6, 6.07) is 13.0. The third kappa shape index (κ3) is 4.25. The van der Waals surface area contributed by atoms with E-state index in [1.165, 1.54) is 17.0 Å². The maximum atomic E-state index is 13.6. The minimum atomic E-state index is -4.49. The second-order valence-corrected chi connectivity index (χ2v) is 8.83. The fourth-order valence-corrected chi connectivity index (χ4v) is 4.96. The van der Waals surface area contributed by atoms with Crippen molar-refractivity contribution in [1.82, 2.24) is 14.7 Å². The van der Waals surface area contributed by atoms with Gasteiger partial charge >= 0.3 is 6.18 Å². The second kappa shape index (κ2) is 8.50. The molecule has 33 heavy (non-hydrogen) atoms. The minimum Gasteiger partial charge on any atom is -0.314 e. The van der Waals surface area contributed by atoms with Gasteiger partial charge in [0.25, 0.3) is 5.91 Å². The Kier molecular flexibility index (Phi) is 5.66. The van der Waals surface area contributed by atoms with Crippen LogP contribution < -0.4 is 0 Å². The molecule has 0 aliphatic carbocycles. The van der Waals surface area contributed by atoms with E-state index in [1.54, 1.807) is 6.07 Å². The van der Waals surface area contributed by atoms with Crippen molar-refractivity contribution in [3.8, 4) is 0 Å². The summed E-state index contributed by atoms with van der Waals surface area (Å²) in [5.74, 6) is 0.189. The number of guanidine groups is 1. The molecule has 2 aromatic carbocycles. The Bertz CT molecular complexity index is 1160. The van der Waals surface area contributed by atoms with Gasteiger partial charge in [-0.15, -0.1) is 0 Å². The van der Waals surface area contributed by atoms with E-state index in [0.29, 0.717) is 49.2 Å². The van der Waals surface area contributed by atoms with Gasteiger partial charge in [-0.25, -0.2) is 0 Å². The Morgan fingerprint density at radius 2 is 1.85 bits per heavy atom. The van der Waals surface area contributed by atoms with Gasteiger partial charge in [-0.1, -0.05) is 41.9 Å². The van der Waals surface area contributed by atoms with E-state index >= 15 is 0 Å². The fraction of sp³-hybridized carbons (Fsp3) is 0.333. The van der Waals surface area contributed by atoms with Crippen LogP contribution in [0.2, 0.25) is 5.02 Å². The van der Waals surface area contributed by atoms with Crippen LogP contribution in [0.25, 0.3) is 0 Å². The Morgan fingerprint density at radius 1 is 1.03 bits per heavy atom. The number of alkyl halides is 3. The van der Waals surface area contributed by atoms with Gasteiger partial charge in [0.1, 0.15) is 0 Å². The first-order chi connectivity index (χ1) is 15.8. The average Bonchev–Trinajstić information content (AvgIpc) is 3.26. The number of aliphatic imine (C=N–C) groups is 1. The Balaban J connectivity index is 1.43. The molecule has 3 heterocycles. The molecule has 0 bridgehead atoms. The van der Waals surface area contributed by atoms with E-state index in [9.17, 15) is 18.0 Å². The van der Waals surface area contributed by atoms with E-state index in [1.807, 2.05) is 29.2 Å². The number of carbonyl (C=O) groups is 1. The number of rotatable bonds is 4. The molecule has 0 aromatic heterocycles. The highest BCUT2D eigenvalue weighted by atomic mass is 35.5. The predicted molar refractivity (Wildman–Crippen MR) is 119 cm³/mol. The van der Waals surface area contributed by atoms with Gasteiger partial charge in [-0.3, -0.25) is 19.6 Å². The molecule has 0 N–H and O–H groups in total. The number of hydrogen-bond acceptors (Lipinski definition) is 4. The normalized spacial score (nSPS) is 19.0. The summed E-state index contributed by atoms with van der Waals surface area (Å²) in [5.41, 5.74) is 1.96. The number of fused-ring (bicyclic) bond motifs is 2. The van der Waals surface area contributed by atoms with Gasteiger partial charge in [-0.2, -0.15) is 13.2 Å². The molecule has 9 heteroatoms. The lowest BCUT2D eigenvalue weighted by Crippen LogP contribution is -2.53. The van der Waals surface area contributed by atoms with Crippen molar-refractivity contribution in [2.24, 2.45) is 4.99 Å². The summed E-state index contributed by atoms with van der Waals surface area (Å²) < 4.78 is 40.7. The zero-order chi connectivity index (χ0) is 23.2. The van der Waals surface area contributed by atoms with Crippen molar-refractivity contribution in [1.29, 1.82) is 0 Å². The molecular weight excluding hydrogens is 453 g/mol. The maximum Gasteiger partial charge on any atom is 0.416 e. The summed E-state index contributed by atoms with van der Waals surface area (Å²) in [4.78, 5) is 23.6. The van der Waals surface area contributed by atoms with Gasteiger partial charge in [0.15, 0.2) is 0 Å². The highest BCUT2D eigenvalue weighted by molar-refractivity contribution is 6.30. The molecular formula is C24H22ClF3N4O. The Hall–Kier alpha value is -2.84. The molecule has 1 amide bonds. The van der Waals surface area contributed by atoms with Crippen molar-refractivity contribution in [2.45, 2.75) is 25.7 Å². The van der Waals surface area contributed by atoms with E-state index in [4.69, 9.17) is 11.6 Å². The molecule has 0 saturated carbocycles. The van der Waals surface area contributed by atoms with E-state index in [-0.39, 0.29) is 18.0 Å². The van der Waals surface area contributed by atoms with Crippen molar-refractivity contribution in [2.75, 3.05) is 26.2 Å². The van der Waals surface area contributed by atoms with Crippen LogP contribution in [0.4, 0.5) is 13.2 Å². The van der Waals surface area contributed by atoms with Gasteiger partial charge in [0.05, 0.1) is 24.2 Å². The molecule has 5 nitrogen and oxygen atoms in total. The summed E-state index contributed by atoms with van der Waals surface area (Å²) in [6.45, 7) is 2.83. The molecule has 0 fully saturated rings. The summed E-state index contributed by atoms with van der Waals surface area (Å²) in [5, 5.41) is 0.658. The fourth-order valence-electron chi connectivity index (χ4n) is 4.75. The van der Waals surface area contributed by atoms with Gasteiger partial charge in [-0.05, 0) is 29.3 Å². The molecule has 0 saturated heterocycles. The van der Waals surface area contributed by atoms with Crippen molar-refractivity contribution < 1.29 is 18.0 Å². The number of benzene rings is 2. The monoisotopic (exact) mass is 474 g/mol. The molecule has 3 aliphatic heterocycles. The van der Waals surface area contributed by atoms with Crippen LogP contribution in [0.5, 0.6) is 0 Å². The van der Waals surface area contributed by atoms with Crippen LogP contribution in [-0.2, 0) is 24.1 Å². The zero-order valence-corrected chi connectivity index (χ0v) is 18.5. The number of nitrogens with zero attached hydrogens (tertiary/aromatic N) is 4. The minimum absolute atomic E-state index is 0.0588. The summed E-state index contributed by atoms with van der Waals surface area (Å²) >= 11 is 6.11. The summed E-state index contributed by atoms with van der Waals surface area (Å²) in [6.07, 6.45) is -3.80. The molecule has 172 valence electrons. The first-order valence-electron chi connectivity index (χ1n) is 10.8. The van der Waals surface area contributed by atoms with Crippen molar-refractivity contribution in [3.63, 3.8) is 0 Å². The SMILES string of the molecule is O=C1C2=C(CCN(Cc3cccc(Cl)c3)C2)N2CCN=C2N1Cc1ccccc1C(F)(F)F. The molecule has 0 radical (unpaired) electrons. The second-order valence-electron chi connectivity index (χ2n) is 8.40. The highest BCUT2D eigenvalue weighted by Crippen LogP contribution is 2.35. The molecule has 0 unspecified atom stereocenters. The Labute approximate surface area is 194 Å². The van der Waals surface area contributed by atoms with Crippen molar-refractivity contribution >= 4 is 23.5 Å². The predicted octanol–water partition coefficient (Wildman–Crippen LogP) is 4.53. The number of hydrogen-bond donors (Lipinski definition) is 0. The van der Waals surface area contributed by atoms with E-state index < -0.39 is 11.7 Å². The number of halogens is 4. The van der Waals surface area contributed by atoms with E-state index in [0.717, 1.165) is 23.9 Å². The first kappa shape index (κ1) is 22.0. The largest absolute Gasteiger partial charge is 0.416 e. The number of amides is 1. The highest BCUT2D eigenvalue weighted by Gasteiger charge is 2.42. The Morgan fingerprint density at radius 3 is 2.64 bits per heavy atom. The molecule has 0 spiro atoms. The van der Waals surface area contributed by atoms with Crippen LogP contribution in [0.3, 0.4) is 0 Å². The van der Waals surface area contributed by atoms with Crippen LogP contribution in [-0.4, -0.2) is 52.7 Å². The standard InChI is InChI=1S/C24H22ClF3N4O/c25-18-6-3-4-16(12-18)13-30-10-8-21-19(15-30)22(33)32(23-29-9-11-31(21)23)14-17-5-1-2-7-20(17)24(26,27)28/h1-7,12H,8-11,13-15H2. The first-order valence-corrected chi connectivity index (χ1v) is 11.2. The lowest BCUT2D eigenvalue weighted by Gasteiger charge is -2.42. The quantitative estimate of drug-likeness (QED) is 0.653. The maximum absolute atomic E-state index is 13.6. The molecule has 3 aliphatic rings. The smallest absolute Gasteiger partial charge is 0.314 e. The molecule has 2 aromatic rings. The third-order valence-electron chi connectivity index (χ3n) is 6.23. The van der Waals surface area contributed by atoms with Gasteiger partial charge < -0.3 is 4.90 Å². The lowest BCUT2D eigenvalue weighted by molar-refractivity contribution is -0.139. The lowest BCUT2D eigenvalue weighted by atomic mass is 9.99. The average molecular weight is 475 g/mol. The topological polar surface area (TPSA) is 39.2 Å². The summed E-state index contributed by atoms with van der Waals surface area (Å²) in [7, 11) is 0. The number of carbonyl (C=O) groups excluding carboxylic acids is 1. The van der Waals surface area contributed by atoms with E-state index in [2.05, 4.69) is 9.89 Å². The van der Waals surface area contributed by atoms with Crippen LogP contribution >= 0.6 is 11.6 Å². The van der Waals surface area contributed by atoms with Crippen LogP contribution in [0.1, 0.15) is 23.1 Å². The zero-order valence-electron chi connectivity index (χ0n) is 17.8. The third-order valence-corrected chi connectivity index (χ3v) is 6.47. The van der Waals surface area contributed by atoms with Gasteiger partial charge in [0, 0.05) is 43.3 Å². The van der Waals surface area contributed by atoms with Crippen LogP contribution in [0, 0.1) is 0 Å². The molecule has 5 rings (SSSR count). The van der Waals surface area contributed by atoms with Crippen LogP contribution in [0.15, 0.2) is 64.8 Å². The van der Waals surface area contributed by atoms with Gasteiger partial charge in [0.2, 0.25) is 5.96 Å².